The summed E-state index contributed by atoms with van der Waals surface area (Å²) in [5.41, 5.74) is 5.81. The molecular weight excluding hydrogens is 502 g/mol. The molecule has 0 spiro atoms. The summed E-state index contributed by atoms with van der Waals surface area (Å²) in [7, 11) is 0. The molecule has 0 aliphatic carbocycles. The zero-order valence-electron chi connectivity index (χ0n) is 20.5. The van der Waals surface area contributed by atoms with Crippen LogP contribution < -0.4 is 0 Å². The predicted octanol–water partition coefficient (Wildman–Crippen LogP) is 5.05. The van der Waals surface area contributed by atoms with Crippen LogP contribution >= 0.6 is 0 Å². The Morgan fingerprint density at radius 1 is 0.375 bits per heavy atom. The number of H-pyrrole nitrogens is 2. The fraction of sp³-hybridized carbons (Fsp3) is 0. The van der Waals surface area contributed by atoms with Gasteiger partial charge in [0.25, 0.3) is 0 Å². The van der Waals surface area contributed by atoms with Crippen LogP contribution in [0.3, 0.4) is 0 Å². The summed E-state index contributed by atoms with van der Waals surface area (Å²) in [6.45, 7) is 0. The second kappa shape index (κ2) is 7.77. The summed E-state index contributed by atoms with van der Waals surface area (Å²) in [6.07, 6.45) is 10.5. The van der Waals surface area contributed by atoms with Gasteiger partial charge >= 0.3 is 0 Å². The van der Waals surface area contributed by atoms with Gasteiger partial charge in [-0.15, -0.1) is 0 Å². The number of rotatable bonds is 0. The normalized spacial score (nSPS) is 12.0. The Balaban J connectivity index is 1.51. The lowest BCUT2D eigenvalue weighted by molar-refractivity contribution is 1.19. The van der Waals surface area contributed by atoms with Crippen molar-refractivity contribution >= 4 is 44.1 Å². The number of fused-ring (bicyclic) bond motifs is 20. The molecule has 9 rings (SSSR count). The number of benzene rings is 1. The summed E-state index contributed by atoms with van der Waals surface area (Å²) < 4.78 is 0. The van der Waals surface area contributed by atoms with Crippen LogP contribution in [0, 0.1) is 0 Å². The highest BCUT2D eigenvalue weighted by Gasteiger charge is 2.22. The minimum absolute atomic E-state index is 0.499. The van der Waals surface area contributed by atoms with Crippen LogP contribution in [0.25, 0.3) is 89.7 Å². The first kappa shape index (κ1) is 21.0. The van der Waals surface area contributed by atoms with Crippen molar-refractivity contribution in [3.05, 3.63) is 79.6 Å². The van der Waals surface area contributed by atoms with E-state index in [2.05, 4.69) is 24.9 Å². The van der Waals surface area contributed by atoms with Gasteiger partial charge in [0.15, 0.2) is 23.3 Å². The Labute approximate surface area is 224 Å². The van der Waals surface area contributed by atoms with E-state index in [9.17, 15) is 0 Å². The van der Waals surface area contributed by atoms with Gasteiger partial charge in [0, 0.05) is 81.0 Å². The molecule has 2 aliphatic rings. The van der Waals surface area contributed by atoms with E-state index in [-0.39, 0.29) is 0 Å². The van der Waals surface area contributed by atoms with Gasteiger partial charge in [0.1, 0.15) is 22.6 Å². The predicted molar refractivity (Wildman–Crippen MR) is 149 cm³/mol. The zero-order valence-corrected chi connectivity index (χ0v) is 20.5. The third-order valence-electron chi connectivity index (χ3n) is 7.14. The van der Waals surface area contributed by atoms with Gasteiger partial charge in [0.05, 0.1) is 0 Å². The molecule has 186 valence electrons. The number of aromatic amines is 2. The van der Waals surface area contributed by atoms with Gasteiger partial charge < -0.3 is 9.97 Å². The van der Waals surface area contributed by atoms with Crippen molar-refractivity contribution in [2.24, 2.45) is 0 Å². The molecule has 1 aromatic carbocycles. The van der Waals surface area contributed by atoms with E-state index in [1.807, 2.05) is 42.5 Å². The van der Waals surface area contributed by atoms with Gasteiger partial charge in [-0.2, -0.15) is 0 Å². The topological polar surface area (TPSA) is 148 Å². The third kappa shape index (κ3) is 2.96. The third-order valence-corrected chi connectivity index (χ3v) is 7.14. The summed E-state index contributed by atoms with van der Waals surface area (Å²) in [5.74, 6) is 2.12. The molecule has 11 nitrogen and oxygen atoms in total. The van der Waals surface area contributed by atoms with Crippen LogP contribution in [-0.2, 0) is 0 Å². The highest BCUT2D eigenvalue weighted by Crippen LogP contribution is 2.36. The molecule has 2 aliphatic heterocycles. The molecule has 7 aromatic rings. The molecule has 8 bridgehead atoms. The Morgan fingerprint density at radius 2 is 0.800 bits per heavy atom. The van der Waals surface area contributed by atoms with Crippen LogP contribution in [0.1, 0.15) is 0 Å². The van der Waals surface area contributed by atoms with Crippen molar-refractivity contribution in [3.8, 4) is 45.6 Å². The largest absolute Gasteiger partial charge is 0.324 e. The van der Waals surface area contributed by atoms with E-state index in [0.717, 1.165) is 43.8 Å². The first-order chi connectivity index (χ1) is 19.8. The highest BCUT2D eigenvalue weighted by atomic mass is 15.1. The molecule has 2 N–H and O–H groups in total. The highest BCUT2D eigenvalue weighted by molar-refractivity contribution is 6.05. The second-order valence-electron chi connectivity index (χ2n) is 9.42. The summed E-state index contributed by atoms with van der Waals surface area (Å²) in [5, 5.41) is 3.38. The smallest absolute Gasteiger partial charge is 0.166 e. The Kier molecular flexibility index (Phi) is 4.08. The van der Waals surface area contributed by atoms with E-state index < -0.39 is 0 Å². The minimum Gasteiger partial charge on any atom is -0.324 e. The standard InChI is InChI=1S/C29H15N11/c1-2-4-15-14(3-1)22-33-23(15)35-27-20-12-31-9-6-17(20)25(37-27)39-29-21-13-32-10-7-18(21)26(40-29)38-28-19-11-30-8-5-16(19)24(34-22)36-28/h1-13H,(H2,33,34,35,36,37,38,39,40). The lowest BCUT2D eigenvalue weighted by Crippen LogP contribution is -1.83. The maximum Gasteiger partial charge on any atom is 0.166 e. The number of nitrogens with one attached hydrogen (secondary N) is 2. The minimum atomic E-state index is 0.499. The second-order valence-corrected chi connectivity index (χ2v) is 9.42. The average Bonchev–Trinajstić information content (AvgIpc) is 3.73. The average molecular weight is 518 g/mol. The van der Waals surface area contributed by atoms with Crippen molar-refractivity contribution in [1.29, 1.82) is 0 Å². The summed E-state index contributed by atoms with van der Waals surface area (Å²) in [4.78, 5) is 49.2. The van der Waals surface area contributed by atoms with Crippen molar-refractivity contribution < 1.29 is 0 Å². The number of pyridine rings is 3. The van der Waals surface area contributed by atoms with Crippen molar-refractivity contribution in [3.63, 3.8) is 0 Å². The van der Waals surface area contributed by atoms with E-state index in [1.165, 1.54) is 0 Å². The van der Waals surface area contributed by atoms with E-state index in [0.29, 0.717) is 45.9 Å². The maximum absolute atomic E-state index is 4.96. The molecule has 0 atom stereocenters. The number of aromatic nitrogens is 11. The molecule has 0 fully saturated rings. The summed E-state index contributed by atoms with van der Waals surface area (Å²) in [6, 6.07) is 13.6. The van der Waals surface area contributed by atoms with Gasteiger partial charge in [-0.1, -0.05) is 24.3 Å². The molecule has 40 heavy (non-hydrogen) atoms. The van der Waals surface area contributed by atoms with E-state index in [4.69, 9.17) is 29.9 Å². The molecule has 0 saturated heterocycles. The molecular formula is C29H15N11. The zero-order chi connectivity index (χ0) is 26.2. The molecule has 0 amide bonds. The quantitative estimate of drug-likeness (QED) is 0.282. The van der Waals surface area contributed by atoms with E-state index >= 15 is 0 Å². The monoisotopic (exact) mass is 517 g/mol. The maximum atomic E-state index is 4.96. The number of nitrogens with zero attached hydrogens (tertiary/aromatic N) is 9. The fourth-order valence-corrected chi connectivity index (χ4v) is 5.27. The van der Waals surface area contributed by atoms with Gasteiger partial charge in [-0.05, 0) is 18.2 Å². The van der Waals surface area contributed by atoms with Crippen molar-refractivity contribution in [1.82, 2.24) is 54.8 Å². The van der Waals surface area contributed by atoms with Crippen molar-refractivity contribution in [2.45, 2.75) is 0 Å². The number of hydrogen-bond acceptors (Lipinski definition) is 9. The molecule has 6 aromatic heterocycles. The van der Waals surface area contributed by atoms with Crippen LogP contribution in [0.4, 0.5) is 0 Å². The SMILES string of the molecule is c1ccc2c(c1)-c1nc-2nc2[nH]c(nc3nc(nc4[nH]c(n1)c1ccncc41)-c1ccncc1-3)c1ccncc21. The molecule has 8 heterocycles. The fourth-order valence-electron chi connectivity index (χ4n) is 5.27. The Morgan fingerprint density at radius 3 is 1.35 bits per heavy atom. The summed E-state index contributed by atoms with van der Waals surface area (Å²) >= 11 is 0. The molecule has 0 saturated carbocycles. The van der Waals surface area contributed by atoms with Gasteiger partial charge in [0.2, 0.25) is 0 Å². The van der Waals surface area contributed by atoms with Gasteiger partial charge in [-0.25, -0.2) is 29.9 Å². The first-order valence-electron chi connectivity index (χ1n) is 12.5. The first-order valence-corrected chi connectivity index (χ1v) is 12.5. The van der Waals surface area contributed by atoms with E-state index in [1.54, 1.807) is 37.2 Å². The lowest BCUT2D eigenvalue weighted by atomic mass is 10.1. The van der Waals surface area contributed by atoms with Crippen LogP contribution in [0.15, 0.2) is 79.6 Å². The van der Waals surface area contributed by atoms with Gasteiger partial charge in [-0.3, -0.25) is 15.0 Å². The van der Waals surface area contributed by atoms with Crippen LogP contribution in [0.5, 0.6) is 0 Å². The van der Waals surface area contributed by atoms with Crippen molar-refractivity contribution in [2.75, 3.05) is 0 Å². The molecule has 0 radical (unpaired) electrons. The van der Waals surface area contributed by atoms with Crippen LogP contribution in [-0.4, -0.2) is 54.8 Å². The number of hydrogen-bond donors (Lipinski definition) is 2. The Bertz CT molecular complexity index is 2030. The van der Waals surface area contributed by atoms with Crippen LogP contribution in [0.2, 0.25) is 0 Å². The molecule has 11 heteroatoms. The lowest BCUT2D eigenvalue weighted by Gasteiger charge is -1.96. The molecule has 0 unspecified atom stereocenters. The Hall–Kier alpha value is -5.97.